The van der Waals surface area contributed by atoms with E-state index >= 15 is 0 Å². The number of nitrogens with zero attached hydrogens (tertiary/aromatic N) is 5. The third kappa shape index (κ3) is 3.79. The van der Waals surface area contributed by atoms with E-state index in [1.165, 1.54) is 12.4 Å². The van der Waals surface area contributed by atoms with Crippen LogP contribution < -0.4 is 10.5 Å². The van der Waals surface area contributed by atoms with Crippen molar-refractivity contribution in [3.63, 3.8) is 0 Å². The second-order valence-corrected chi connectivity index (χ2v) is 7.14. The van der Waals surface area contributed by atoms with E-state index in [4.69, 9.17) is 21.3 Å². The third-order valence-corrected chi connectivity index (χ3v) is 5.16. The lowest BCUT2D eigenvalue weighted by molar-refractivity contribution is 0.0136. The van der Waals surface area contributed by atoms with E-state index in [1.807, 2.05) is 12.2 Å². The number of anilines is 1. The lowest BCUT2D eigenvalue weighted by atomic mass is 9.93. The third-order valence-electron chi connectivity index (χ3n) is 4.88. The van der Waals surface area contributed by atoms with Crippen molar-refractivity contribution in [2.75, 3.05) is 24.6 Å². The van der Waals surface area contributed by atoms with Crippen LogP contribution in [0.4, 0.5) is 5.95 Å². The topological polar surface area (TPSA) is 73.1 Å². The molecule has 2 aliphatic rings. The minimum atomic E-state index is -0.125. The van der Waals surface area contributed by atoms with Crippen LogP contribution in [0.15, 0.2) is 52.7 Å². The van der Waals surface area contributed by atoms with Crippen LogP contribution >= 0.6 is 11.6 Å². The average molecular weight is 386 g/mol. The molecule has 0 saturated carbocycles. The number of allylic oxidation sites excluding steroid dienone is 3. The van der Waals surface area contributed by atoms with Gasteiger partial charge >= 0.3 is 0 Å². The highest BCUT2D eigenvalue weighted by atomic mass is 35.5. The van der Waals surface area contributed by atoms with Gasteiger partial charge in [-0.1, -0.05) is 23.8 Å². The van der Waals surface area contributed by atoms with Crippen LogP contribution in [0.25, 0.3) is 11.4 Å². The number of hydrogen-bond acceptors (Lipinski definition) is 6. The molecule has 140 valence electrons. The molecule has 27 heavy (non-hydrogen) atoms. The van der Waals surface area contributed by atoms with Gasteiger partial charge in [0.25, 0.3) is 5.56 Å². The molecule has 2 aromatic rings. The van der Waals surface area contributed by atoms with Gasteiger partial charge in [-0.3, -0.25) is 9.36 Å². The number of aromatic nitrogens is 4. The first-order valence-electron chi connectivity index (χ1n) is 8.85. The smallest absolute Gasteiger partial charge is 0.255 e. The lowest BCUT2D eigenvalue weighted by Gasteiger charge is -2.37. The van der Waals surface area contributed by atoms with Gasteiger partial charge in [-0.25, -0.2) is 15.0 Å². The van der Waals surface area contributed by atoms with Crippen molar-refractivity contribution in [3.8, 4) is 11.4 Å². The highest BCUT2D eigenvalue weighted by Crippen LogP contribution is 2.28. The minimum Gasteiger partial charge on any atom is -0.374 e. The number of ether oxygens (including phenoxy) is 1. The molecule has 1 fully saturated rings. The fraction of sp³-hybridized carbons (Fsp3) is 0.368. The van der Waals surface area contributed by atoms with E-state index in [0.29, 0.717) is 37.0 Å². The monoisotopic (exact) mass is 385 g/mol. The molecule has 1 aliphatic heterocycles. The van der Waals surface area contributed by atoms with E-state index in [0.717, 1.165) is 11.5 Å². The van der Waals surface area contributed by atoms with E-state index in [9.17, 15) is 4.79 Å². The largest absolute Gasteiger partial charge is 0.374 e. The standard InChI is InChI=1S/C19H20ClN5O2/c1-24-18(26)10-16(15-5-6-21-12-22-15)23-19(24)25-7-8-27-17(11-25)13-3-2-4-14(20)9-13/h2-6,10,12-13,17H,7-9,11H2,1H3/t13?,17-/m0/s1. The summed E-state index contributed by atoms with van der Waals surface area (Å²) in [5.74, 6) is 0.832. The molecule has 0 radical (unpaired) electrons. The predicted octanol–water partition coefficient (Wildman–Crippen LogP) is 2.14. The van der Waals surface area contributed by atoms with Crippen molar-refractivity contribution >= 4 is 17.5 Å². The number of rotatable bonds is 3. The molecule has 1 saturated heterocycles. The summed E-state index contributed by atoms with van der Waals surface area (Å²) < 4.78 is 7.55. The van der Waals surface area contributed by atoms with Gasteiger partial charge in [0.1, 0.15) is 6.33 Å². The highest BCUT2D eigenvalue weighted by Gasteiger charge is 2.30. The van der Waals surface area contributed by atoms with Crippen LogP contribution in [0.5, 0.6) is 0 Å². The second-order valence-electron chi connectivity index (χ2n) is 6.65. The van der Waals surface area contributed by atoms with Crippen molar-refractivity contribution < 1.29 is 4.74 Å². The van der Waals surface area contributed by atoms with Crippen LogP contribution in [0, 0.1) is 5.92 Å². The minimum absolute atomic E-state index is 0.00272. The quantitative estimate of drug-likeness (QED) is 0.806. The Hall–Kier alpha value is -2.51. The zero-order valence-electron chi connectivity index (χ0n) is 15.0. The SMILES string of the molecule is Cn1c(N2CCO[C@H](C3C=CC=C(Cl)C3)C2)nc(-c2ccncn2)cc1=O. The summed E-state index contributed by atoms with van der Waals surface area (Å²) in [4.78, 5) is 27.4. The van der Waals surface area contributed by atoms with E-state index in [-0.39, 0.29) is 17.6 Å². The fourth-order valence-corrected chi connectivity index (χ4v) is 3.67. The first-order chi connectivity index (χ1) is 13.1. The molecule has 0 N–H and O–H groups in total. The molecule has 2 aromatic heterocycles. The van der Waals surface area contributed by atoms with Gasteiger partial charge in [0.15, 0.2) is 0 Å². The first-order valence-corrected chi connectivity index (χ1v) is 9.23. The van der Waals surface area contributed by atoms with Crippen molar-refractivity contribution in [2.45, 2.75) is 12.5 Å². The summed E-state index contributed by atoms with van der Waals surface area (Å²) in [6, 6.07) is 3.24. The summed E-state index contributed by atoms with van der Waals surface area (Å²) >= 11 is 6.19. The zero-order chi connectivity index (χ0) is 18.8. The molecule has 0 bridgehead atoms. The first kappa shape index (κ1) is 17.9. The Morgan fingerprint density at radius 2 is 2.22 bits per heavy atom. The van der Waals surface area contributed by atoms with Gasteiger partial charge in [0.2, 0.25) is 5.95 Å². The van der Waals surface area contributed by atoms with Gasteiger partial charge < -0.3 is 9.64 Å². The van der Waals surface area contributed by atoms with Crippen molar-refractivity contribution in [1.82, 2.24) is 19.5 Å². The summed E-state index contributed by atoms with van der Waals surface area (Å²) in [6.45, 7) is 1.89. The number of halogens is 1. The van der Waals surface area contributed by atoms with Crippen LogP contribution in [-0.4, -0.2) is 45.3 Å². The van der Waals surface area contributed by atoms with Crippen LogP contribution in [0.2, 0.25) is 0 Å². The average Bonchev–Trinajstić information content (AvgIpc) is 2.71. The summed E-state index contributed by atoms with van der Waals surface area (Å²) in [7, 11) is 1.74. The van der Waals surface area contributed by atoms with Crippen molar-refractivity contribution in [1.29, 1.82) is 0 Å². The molecule has 0 amide bonds. The Bertz CT molecular complexity index is 941. The Morgan fingerprint density at radius 1 is 1.33 bits per heavy atom. The molecule has 7 nitrogen and oxygen atoms in total. The van der Waals surface area contributed by atoms with Crippen LogP contribution in [-0.2, 0) is 11.8 Å². The summed E-state index contributed by atoms with van der Waals surface area (Å²) in [6.07, 6.45) is 9.87. The molecule has 8 heteroatoms. The van der Waals surface area contributed by atoms with E-state index < -0.39 is 0 Å². The molecular weight excluding hydrogens is 366 g/mol. The Kier molecular flexibility index (Phi) is 5.05. The molecule has 0 spiro atoms. The molecule has 1 unspecified atom stereocenters. The zero-order valence-corrected chi connectivity index (χ0v) is 15.7. The maximum atomic E-state index is 12.5. The maximum absolute atomic E-state index is 12.5. The normalized spacial score (nSPS) is 22.6. The van der Waals surface area contributed by atoms with Gasteiger partial charge in [0.05, 0.1) is 24.1 Å². The molecule has 0 aromatic carbocycles. The molecule has 3 heterocycles. The van der Waals surface area contributed by atoms with E-state index in [2.05, 4.69) is 20.9 Å². The predicted molar refractivity (Wildman–Crippen MR) is 104 cm³/mol. The lowest BCUT2D eigenvalue weighted by Crippen LogP contribution is -2.47. The Balaban J connectivity index is 1.62. The van der Waals surface area contributed by atoms with E-state index in [1.54, 1.807) is 23.9 Å². The van der Waals surface area contributed by atoms with Crippen LogP contribution in [0.1, 0.15) is 6.42 Å². The number of morpholine rings is 1. The Labute approximate surface area is 162 Å². The maximum Gasteiger partial charge on any atom is 0.255 e. The fourth-order valence-electron chi connectivity index (χ4n) is 3.42. The number of hydrogen-bond donors (Lipinski definition) is 0. The van der Waals surface area contributed by atoms with Crippen LogP contribution in [0.3, 0.4) is 0 Å². The molecular formula is C19H20ClN5O2. The van der Waals surface area contributed by atoms with Crippen molar-refractivity contribution in [3.05, 3.63) is 58.3 Å². The highest BCUT2D eigenvalue weighted by molar-refractivity contribution is 6.29. The molecule has 1 aliphatic carbocycles. The van der Waals surface area contributed by atoms with Gasteiger partial charge in [-0.2, -0.15) is 0 Å². The van der Waals surface area contributed by atoms with Crippen molar-refractivity contribution in [2.24, 2.45) is 13.0 Å². The second kappa shape index (κ2) is 7.62. The summed E-state index contributed by atoms with van der Waals surface area (Å²) in [5.41, 5.74) is 1.04. The Morgan fingerprint density at radius 3 is 3.00 bits per heavy atom. The summed E-state index contributed by atoms with van der Waals surface area (Å²) in [5, 5.41) is 0.833. The molecule has 4 rings (SSSR count). The van der Waals surface area contributed by atoms with Gasteiger partial charge in [-0.05, 0) is 18.6 Å². The van der Waals surface area contributed by atoms with Gasteiger partial charge in [-0.15, -0.1) is 0 Å². The van der Waals surface area contributed by atoms with Gasteiger partial charge in [0, 0.05) is 43.4 Å². The molecule has 2 atom stereocenters.